The number of nitrogen functional groups attached to an aromatic ring is 1. The van der Waals surface area contributed by atoms with Crippen molar-refractivity contribution in [3.63, 3.8) is 0 Å². The van der Waals surface area contributed by atoms with E-state index in [2.05, 4.69) is 9.69 Å². The molecule has 1 aromatic carbocycles. The normalized spacial score (nSPS) is 17.2. The van der Waals surface area contributed by atoms with Crippen molar-refractivity contribution in [3.05, 3.63) is 35.3 Å². The molecule has 0 spiro atoms. The summed E-state index contributed by atoms with van der Waals surface area (Å²) >= 11 is 1.03. The number of aryl methyl sites for hydroxylation is 1. The molecule has 6 nitrogen and oxygen atoms in total. The molecule has 28 heavy (non-hydrogen) atoms. The van der Waals surface area contributed by atoms with Crippen LogP contribution >= 0.6 is 11.5 Å². The fourth-order valence-corrected chi connectivity index (χ4v) is 3.82. The Balaban J connectivity index is 1.60. The fraction of sp³-hybridized carbons (Fsp3) is 0.444. The van der Waals surface area contributed by atoms with Gasteiger partial charge in [0.1, 0.15) is 5.00 Å². The van der Waals surface area contributed by atoms with Crippen molar-refractivity contribution in [2.75, 3.05) is 37.3 Å². The molecule has 1 atom stereocenters. The van der Waals surface area contributed by atoms with Gasteiger partial charge in [0.05, 0.1) is 24.4 Å². The van der Waals surface area contributed by atoms with Crippen molar-refractivity contribution < 1.29 is 22.7 Å². The van der Waals surface area contributed by atoms with Crippen LogP contribution in [0, 0.1) is 18.7 Å². The van der Waals surface area contributed by atoms with Crippen molar-refractivity contribution in [1.29, 1.82) is 0 Å². The van der Waals surface area contributed by atoms with E-state index >= 15 is 0 Å². The smallest absolute Gasteiger partial charge is 0.260 e. The maximum Gasteiger partial charge on any atom is 0.260 e. The highest BCUT2D eigenvalue weighted by Crippen LogP contribution is 2.26. The van der Waals surface area contributed by atoms with E-state index in [1.807, 2.05) is 0 Å². The molecule has 1 saturated heterocycles. The number of nitrogens with two attached hydrogens (primary N) is 1. The van der Waals surface area contributed by atoms with Gasteiger partial charge in [-0.25, -0.2) is 13.2 Å². The third kappa shape index (κ3) is 4.93. The standard InChI is InChI=1S/C18H21F3N4O2S/c1-10-16(17(22)28-24-10)18(26)23-12-2-3-13(19)14(6-12)27-9-11-4-5-25(7-11)8-15(20)21/h2-3,6,11,15H,4-5,7-9,22H2,1H3,(H,23,26). The van der Waals surface area contributed by atoms with Gasteiger partial charge in [0.25, 0.3) is 12.3 Å². The van der Waals surface area contributed by atoms with Crippen LogP contribution in [0.4, 0.5) is 23.9 Å². The van der Waals surface area contributed by atoms with Gasteiger partial charge >= 0.3 is 0 Å². The summed E-state index contributed by atoms with van der Waals surface area (Å²) in [4.78, 5) is 14.1. The van der Waals surface area contributed by atoms with Crippen LogP contribution in [0.15, 0.2) is 18.2 Å². The molecule has 3 N–H and O–H groups in total. The zero-order valence-corrected chi connectivity index (χ0v) is 16.1. The van der Waals surface area contributed by atoms with E-state index in [-0.39, 0.29) is 24.8 Å². The van der Waals surface area contributed by atoms with Crippen molar-refractivity contribution in [2.45, 2.75) is 19.8 Å². The molecular weight excluding hydrogens is 393 g/mol. The number of benzene rings is 1. The molecule has 1 amide bonds. The highest BCUT2D eigenvalue weighted by molar-refractivity contribution is 7.10. The van der Waals surface area contributed by atoms with Crippen molar-refractivity contribution in [3.8, 4) is 5.75 Å². The summed E-state index contributed by atoms with van der Waals surface area (Å²) in [5.41, 5.74) is 6.94. The van der Waals surface area contributed by atoms with E-state index in [9.17, 15) is 18.0 Å². The van der Waals surface area contributed by atoms with Crippen LogP contribution in [0.1, 0.15) is 22.5 Å². The second kappa shape index (κ2) is 8.78. The predicted octanol–water partition coefficient (Wildman–Crippen LogP) is 3.39. The Labute approximate surface area is 164 Å². The molecule has 0 radical (unpaired) electrons. The number of ether oxygens (including phenoxy) is 1. The third-order valence-corrected chi connectivity index (χ3v) is 5.31. The second-order valence-electron chi connectivity index (χ2n) is 6.72. The van der Waals surface area contributed by atoms with Crippen molar-refractivity contribution in [1.82, 2.24) is 9.27 Å². The van der Waals surface area contributed by atoms with E-state index in [4.69, 9.17) is 10.5 Å². The molecule has 10 heteroatoms. The van der Waals surface area contributed by atoms with Gasteiger partial charge in [0.2, 0.25) is 0 Å². The van der Waals surface area contributed by atoms with Gasteiger partial charge in [-0.3, -0.25) is 9.69 Å². The summed E-state index contributed by atoms with van der Waals surface area (Å²) in [6.07, 6.45) is -1.65. The summed E-state index contributed by atoms with van der Waals surface area (Å²) in [6.45, 7) is 2.71. The van der Waals surface area contributed by atoms with Gasteiger partial charge < -0.3 is 15.8 Å². The lowest BCUT2D eigenvalue weighted by atomic mass is 10.1. The first kappa shape index (κ1) is 20.4. The van der Waals surface area contributed by atoms with E-state index in [0.29, 0.717) is 41.5 Å². The number of likely N-dealkylation sites (tertiary alicyclic amines) is 1. The monoisotopic (exact) mass is 414 g/mol. The number of nitrogens with one attached hydrogen (secondary N) is 1. The lowest BCUT2D eigenvalue weighted by Gasteiger charge is -2.16. The minimum atomic E-state index is -2.37. The van der Waals surface area contributed by atoms with Crippen molar-refractivity contribution >= 4 is 28.1 Å². The molecule has 1 aliphatic heterocycles. The second-order valence-corrected chi connectivity index (χ2v) is 7.53. The number of carbonyl (C=O) groups excluding carboxylic acids is 1. The van der Waals surface area contributed by atoms with Gasteiger partial charge in [-0.15, -0.1) is 0 Å². The minimum Gasteiger partial charge on any atom is -0.490 e. The first-order valence-corrected chi connectivity index (χ1v) is 9.56. The van der Waals surface area contributed by atoms with E-state index in [1.54, 1.807) is 11.8 Å². The number of alkyl halides is 2. The number of hydrogen-bond acceptors (Lipinski definition) is 6. The molecule has 3 rings (SSSR count). The van der Waals surface area contributed by atoms with E-state index in [0.717, 1.165) is 11.5 Å². The molecule has 1 unspecified atom stereocenters. The number of nitrogens with zero attached hydrogens (tertiary/aromatic N) is 2. The molecule has 0 saturated carbocycles. The molecule has 1 fully saturated rings. The largest absolute Gasteiger partial charge is 0.490 e. The molecule has 0 bridgehead atoms. The van der Waals surface area contributed by atoms with Crippen LogP contribution < -0.4 is 15.8 Å². The number of aromatic nitrogens is 1. The Morgan fingerprint density at radius 2 is 2.29 bits per heavy atom. The Morgan fingerprint density at radius 1 is 1.50 bits per heavy atom. The molecule has 2 heterocycles. The summed E-state index contributed by atoms with van der Waals surface area (Å²) < 4.78 is 48.5. The molecule has 152 valence electrons. The minimum absolute atomic E-state index is 0.00162. The predicted molar refractivity (Wildman–Crippen MR) is 102 cm³/mol. The number of anilines is 2. The Bertz CT molecular complexity index is 827. The average Bonchev–Trinajstić information content (AvgIpc) is 3.20. The number of rotatable bonds is 7. The number of halogens is 3. The Kier molecular flexibility index (Phi) is 6.40. The van der Waals surface area contributed by atoms with Crippen LogP contribution in [0.25, 0.3) is 0 Å². The Morgan fingerprint density at radius 3 is 2.96 bits per heavy atom. The van der Waals surface area contributed by atoms with Gasteiger partial charge in [-0.05, 0) is 43.6 Å². The first-order valence-electron chi connectivity index (χ1n) is 8.79. The van der Waals surface area contributed by atoms with Crippen LogP contribution in [0.5, 0.6) is 5.75 Å². The molecular formula is C18H21F3N4O2S. The molecule has 2 aromatic rings. The SMILES string of the molecule is Cc1nsc(N)c1C(=O)Nc1ccc(F)c(OCC2CCN(CC(F)F)C2)c1. The summed E-state index contributed by atoms with van der Waals surface area (Å²) in [7, 11) is 0. The van der Waals surface area contributed by atoms with Gasteiger partial charge in [-0.2, -0.15) is 4.37 Å². The fourth-order valence-electron chi connectivity index (χ4n) is 3.17. The lowest BCUT2D eigenvalue weighted by molar-refractivity contribution is 0.0961. The Hall–Kier alpha value is -2.33. The van der Waals surface area contributed by atoms with Gasteiger partial charge in [0.15, 0.2) is 11.6 Å². The lowest BCUT2D eigenvalue weighted by Crippen LogP contribution is -2.27. The maximum atomic E-state index is 14.1. The zero-order chi connectivity index (χ0) is 20.3. The zero-order valence-electron chi connectivity index (χ0n) is 15.3. The summed E-state index contributed by atoms with van der Waals surface area (Å²) in [5.74, 6) is -0.943. The summed E-state index contributed by atoms with van der Waals surface area (Å²) in [6, 6.07) is 4.01. The molecule has 1 aliphatic rings. The first-order chi connectivity index (χ1) is 13.3. The highest BCUT2D eigenvalue weighted by atomic mass is 32.1. The van der Waals surface area contributed by atoms with Crippen LogP contribution in [-0.2, 0) is 0 Å². The number of hydrogen-bond donors (Lipinski definition) is 2. The number of carbonyl (C=O) groups is 1. The van der Waals surface area contributed by atoms with Gasteiger partial charge in [-0.1, -0.05) is 0 Å². The third-order valence-electron chi connectivity index (χ3n) is 4.55. The number of amides is 1. The molecule has 0 aliphatic carbocycles. The quantitative estimate of drug-likeness (QED) is 0.726. The molecule has 1 aromatic heterocycles. The van der Waals surface area contributed by atoms with Crippen molar-refractivity contribution in [2.24, 2.45) is 5.92 Å². The van der Waals surface area contributed by atoms with E-state index < -0.39 is 18.1 Å². The maximum absolute atomic E-state index is 14.1. The highest BCUT2D eigenvalue weighted by Gasteiger charge is 2.25. The van der Waals surface area contributed by atoms with Crippen LogP contribution in [-0.4, -0.2) is 47.8 Å². The topological polar surface area (TPSA) is 80.5 Å². The van der Waals surface area contributed by atoms with E-state index in [1.165, 1.54) is 18.2 Å². The summed E-state index contributed by atoms with van der Waals surface area (Å²) in [5, 5.41) is 2.97. The van der Waals surface area contributed by atoms with Gasteiger partial charge in [0, 0.05) is 24.2 Å². The average molecular weight is 414 g/mol. The van der Waals surface area contributed by atoms with Crippen LogP contribution in [0.2, 0.25) is 0 Å². The van der Waals surface area contributed by atoms with Crippen LogP contribution in [0.3, 0.4) is 0 Å².